The molecule has 0 radical (unpaired) electrons. The summed E-state index contributed by atoms with van der Waals surface area (Å²) in [6.07, 6.45) is 1.82. The Labute approximate surface area is 102 Å². The van der Waals surface area contributed by atoms with Gasteiger partial charge in [0.15, 0.2) is 0 Å². The zero-order valence-electron chi connectivity index (χ0n) is 9.33. The van der Waals surface area contributed by atoms with Crippen LogP contribution in [-0.4, -0.2) is 12.9 Å². The maximum absolute atomic E-state index is 5.28. The van der Waals surface area contributed by atoms with Crippen LogP contribution in [0.2, 0.25) is 0 Å². The molecule has 0 aliphatic carbocycles. The van der Waals surface area contributed by atoms with E-state index in [0.29, 0.717) is 0 Å². The first kappa shape index (κ1) is 10.4. The van der Waals surface area contributed by atoms with E-state index in [1.165, 1.54) is 5.57 Å². The van der Waals surface area contributed by atoms with Gasteiger partial charge < -0.3 is 4.74 Å². The van der Waals surface area contributed by atoms with Crippen LogP contribution in [-0.2, 0) is 10.7 Å². The minimum atomic E-state index is -0.138. The number of allylic oxidation sites excluding steroid dienone is 1. The van der Waals surface area contributed by atoms with Gasteiger partial charge in [-0.1, -0.05) is 22.8 Å². The lowest BCUT2D eigenvalue weighted by molar-refractivity contribution is 0.416. The van der Waals surface area contributed by atoms with Gasteiger partial charge in [0.1, 0.15) is 11.4 Å². The van der Waals surface area contributed by atoms with Gasteiger partial charge in [-0.3, -0.25) is 0 Å². The monoisotopic (exact) mass is 245 g/mol. The average molecular weight is 245 g/mol. The summed E-state index contributed by atoms with van der Waals surface area (Å²) in [5.41, 5.74) is 3.06. The number of fused-ring (bicyclic) bond motifs is 1. The number of nitrogens with zero attached hydrogens (tertiary/aromatic N) is 3. The van der Waals surface area contributed by atoms with Crippen LogP contribution in [0, 0.1) is 0 Å². The van der Waals surface area contributed by atoms with Gasteiger partial charge in [0.2, 0.25) is 0 Å². The lowest BCUT2D eigenvalue weighted by Gasteiger charge is -2.04. The number of ether oxygens (including phenoxy) is 1. The van der Waals surface area contributed by atoms with Gasteiger partial charge in [-0.15, -0.1) is 0 Å². The number of methoxy groups -OCH3 is 1. The van der Waals surface area contributed by atoms with Crippen LogP contribution in [0.4, 0.5) is 5.69 Å². The second-order valence-corrected chi connectivity index (χ2v) is 5.19. The first-order valence-corrected chi connectivity index (χ1v) is 6.65. The predicted molar refractivity (Wildman–Crippen MR) is 68.3 cm³/mol. The molecule has 0 fully saturated rings. The molecule has 3 rings (SSSR count). The van der Waals surface area contributed by atoms with Gasteiger partial charge in [-0.05, 0) is 12.1 Å². The van der Waals surface area contributed by atoms with Crippen LogP contribution >= 0.6 is 0 Å². The Morgan fingerprint density at radius 2 is 2.24 bits per heavy atom. The summed E-state index contributed by atoms with van der Waals surface area (Å²) >= 11 is 0. The largest absolute Gasteiger partial charge is 0.494 e. The van der Waals surface area contributed by atoms with E-state index in [-0.39, 0.29) is 10.7 Å². The van der Waals surface area contributed by atoms with Crippen LogP contribution in [0.5, 0.6) is 5.75 Å². The molecular formula is C12H11N3OS. The summed E-state index contributed by atoms with van der Waals surface area (Å²) in [6, 6.07) is 7.80. The molecule has 2 heterocycles. The van der Waals surface area contributed by atoms with Gasteiger partial charge in [-0.25, -0.2) is 4.36 Å². The van der Waals surface area contributed by atoms with Crippen molar-refractivity contribution in [3.05, 3.63) is 47.1 Å². The third kappa shape index (κ3) is 1.93. The summed E-state index contributed by atoms with van der Waals surface area (Å²) < 4.78 is 9.98. The molecule has 2 aliphatic rings. The Hall–Kier alpha value is -1.75. The van der Waals surface area contributed by atoms with Crippen LogP contribution in [0.25, 0.3) is 0 Å². The number of benzene rings is 1. The van der Waals surface area contributed by atoms with Crippen LogP contribution in [0.15, 0.2) is 61.7 Å². The maximum atomic E-state index is 5.28. The van der Waals surface area contributed by atoms with E-state index in [1.54, 1.807) is 7.11 Å². The van der Waals surface area contributed by atoms with Crippen molar-refractivity contribution < 1.29 is 4.74 Å². The van der Waals surface area contributed by atoms with Crippen molar-refractivity contribution in [2.45, 2.75) is 0 Å². The fraction of sp³-hybridized carbons (Fsp3) is 0.167. The zero-order valence-corrected chi connectivity index (χ0v) is 10.1. The van der Waals surface area contributed by atoms with E-state index in [9.17, 15) is 0 Å². The van der Waals surface area contributed by atoms with E-state index in [2.05, 4.69) is 15.6 Å². The quantitative estimate of drug-likeness (QED) is 0.788. The van der Waals surface area contributed by atoms with Crippen molar-refractivity contribution in [1.82, 2.24) is 0 Å². The first-order chi connectivity index (χ1) is 8.36. The fourth-order valence-electron chi connectivity index (χ4n) is 1.72. The Kier molecular flexibility index (Phi) is 2.60. The van der Waals surface area contributed by atoms with E-state index >= 15 is 0 Å². The van der Waals surface area contributed by atoms with Crippen LogP contribution in [0.1, 0.15) is 0 Å². The van der Waals surface area contributed by atoms with Gasteiger partial charge in [0.05, 0.1) is 19.0 Å². The van der Waals surface area contributed by atoms with Gasteiger partial charge >= 0.3 is 0 Å². The Morgan fingerprint density at radius 3 is 3.06 bits per heavy atom. The van der Waals surface area contributed by atoms with Gasteiger partial charge in [0, 0.05) is 16.7 Å². The van der Waals surface area contributed by atoms with E-state index < -0.39 is 0 Å². The molecule has 0 bridgehead atoms. The molecule has 0 aromatic heterocycles. The number of hydrogen-bond donors (Lipinski definition) is 0. The normalized spacial score (nSPS) is 21.4. The topological polar surface area (TPSA) is 46.3 Å². The SMILES string of the molecule is COc1ccccc1N=S1C=C2N=NC=C2C1. The molecule has 1 atom stereocenters. The highest BCUT2D eigenvalue weighted by molar-refractivity contribution is 7.90. The molecule has 1 aromatic rings. The minimum absolute atomic E-state index is 0.138. The smallest absolute Gasteiger partial charge is 0.145 e. The Balaban J connectivity index is 1.95. The number of azo groups is 1. The molecule has 1 unspecified atom stereocenters. The minimum Gasteiger partial charge on any atom is -0.494 e. The van der Waals surface area contributed by atoms with Crippen molar-refractivity contribution in [3.63, 3.8) is 0 Å². The third-order valence-electron chi connectivity index (χ3n) is 2.56. The molecule has 1 aromatic carbocycles. The van der Waals surface area contributed by atoms with Gasteiger partial charge in [-0.2, -0.15) is 10.2 Å². The first-order valence-electron chi connectivity index (χ1n) is 5.23. The maximum Gasteiger partial charge on any atom is 0.145 e. The van der Waals surface area contributed by atoms with Gasteiger partial charge in [0.25, 0.3) is 0 Å². The highest BCUT2D eigenvalue weighted by Crippen LogP contribution is 2.32. The fourth-order valence-corrected chi connectivity index (χ4v) is 3.32. The lowest BCUT2D eigenvalue weighted by Crippen LogP contribution is -1.88. The molecule has 0 saturated heterocycles. The van der Waals surface area contributed by atoms with Crippen molar-refractivity contribution in [3.8, 4) is 5.75 Å². The third-order valence-corrected chi connectivity index (χ3v) is 4.09. The molecule has 2 aliphatic heterocycles. The van der Waals surface area contributed by atoms with E-state index in [1.807, 2.05) is 30.5 Å². The average Bonchev–Trinajstić information content (AvgIpc) is 2.90. The summed E-state index contributed by atoms with van der Waals surface area (Å²) in [6.45, 7) is 0. The highest BCUT2D eigenvalue weighted by Gasteiger charge is 2.19. The summed E-state index contributed by atoms with van der Waals surface area (Å²) in [5, 5.41) is 10.00. The molecule has 5 heteroatoms. The van der Waals surface area contributed by atoms with Crippen LogP contribution < -0.4 is 4.74 Å². The summed E-state index contributed by atoms with van der Waals surface area (Å²) in [4.78, 5) is 0. The predicted octanol–water partition coefficient (Wildman–Crippen LogP) is 3.33. The molecule has 0 spiro atoms. The molecule has 4 nitrogen and oxygen atoms in total. The molecular weight excluding hydrogens is 234 g/mol. The lowest BCUT2D eigenvalue weighted by atomic mass is 10.3. The zero-order chi connectivity index (χ0) is 11.7. The summed E-state index contributed by atoms with van der Waals surface area (Å²) in [7, 11) is 1.52. The Bertz CT molecular complexity index is 587. The van der Waals surface area contributed by atoms with E-state index in [0.717, 1.165) is 22.9 Å². The number of rotatable bonds is 2. The second-order valence-electron chi connectivity index (χ2n) is 3.68. The molecule has 17 heavy (non-hydrogen) atoms. The standard InChI is InChI=1S/C12H11N3OS/c1-16-12-5-3-2-4-10(12)15-17-7-9-6-13-14-11(9)8-17/h2-6,8H,7H2,1H3. The molecule has 0 amide bonds. The highest BCUT2D eigenvalue weighted by atomic mass is 32.2. The van der Waals surface area contributed by atoms with Crippen LogP contribution in [0.3, 0.4) is 0 Å². The van der Waals surface area contributed by atoms with Crippen molar-refractivity contribution in [2.24, 2.45) is 14.6 Å². The summed E-state index contributed by atoms with van der Waals surface area (Å²) in [5.74, 6) is 1.71. The Morgan fingerprint density at radius 1 is 1.35 bits per heavy atom. The van der Waals surface area contributed by atoms with Crippen molar-refractivity contribution in [2.75, 3.05) is 12.9 Å². The number of hydrogen-bond acceptors (Lipinski definition) is 4. The molecule has 0 N–H and O–H groups in total. The van der Waals surface area contributed by atoms with E-state index in [4.69, 9.17) is 9.10 Å². The molecule has 86 valence electrons. The van der Waals surface area contributed by atoms with Crippen molar-refractivity contribution in [1.29, 1.82) is 0 Å². The second kappa shape index (κ2) is 4.25. The van der Waals surface area contributed by atoms with Crippen molar-refractivity contribution >= 4 is 16.4 Å². The number of para-hydroxylation sites is 1. The molecule has 0 saturated carbocycles.